The molecular weight excluding hydrogens is 454 g/mol. The normalized spacial score (nSPS) is 12.0. The van der Waals surface area contributed by atoms with Crippen molar-refractivity contribution in [1.29, 1.82) is 0 Å². The Morgan fingerprint density at radius 3 is 2.42 bits per heavy atom. The van der Waals surface area contributed by atoms with Crippen LogP contribution >= 0.6 is 23.1 Å². The van der Waals surface area contributed by atoms with Gasteiger partial charge in [-0.2, -0.15) is 0 Å². The number of methoxy groups -OCH3 is 1. The molecule has 0 fully saturated rings. The second kappa shape index (κ2) is 10.2. The number of carbonyl (C=O) groups is 1. The van der Waals surface area contributed by atoms with E-state index in [0.29, 0.717) is 10.3 Å². The summed E-state index contributed by atoms with van der Waals surface area (Å²) in [5.41, 5.74) is 2.81. The first kappa shape index (κ1) is 23.0. The minimum atomic E-state index is -0.375. The van der Waals surface area contributed by atoms with Crippen LogP contribution in [0.3, 0.4) is 0 Å². The number of carbonyl (C=O) groups excluding carboxylic acids is 1. The molecule has 7 nitrogen and oxygen atoms in total. The monoisotopic (exact) mass is 479 g/mol. The first-order chi connectivity index (χ1) is 16.0. The molecule has 0 bridgehead atoms. The molecule has 2 heterocycles. The van der Waals surface area contributed by atoms with E-state index >= 15 is 0 Å². The predicted octanol–water partition coefficient (Wildman–Crippen LogP) is 5.78. The summed E-state index contributed by atoms with van der Waals surface area (Å²) in [6.45, 7) is 6.01. The first-order valence-electron chi connectivity index (χ1n) is 10.5. The number of hydrogen-bond acceptors (Lipinski definition) is 7. The molecule has 33 heavy (non-hydrogen) atoms. The second-order valence-electron chi connectivity index (χ2n) is 7.65. The highest BCUT2D eigenvalue weighted by molar-refractivity contribution is 8.00. The lowest BCUT2D eigenvalue weighted by Crippen LogP contribution is -2.23. The van der Waals surface area contributed by atoms with Gasteiger partial charge < -0.3 is 10.1 Å². The molecule has 1 atom stereocenters. The van der Waals surface area contributed by atoms with Gasteiger partial charge in [0.2, 0.25) is 5.91 Å². The van der Waals surface area contributed by atoms with Crippen molar-refractivity contribution in [3.63, 3.8) is 0 Å². The molecule has 2 aromatic heterocycles. The van der Waals surface area contributed by atoms with Crippen LogP contribution in [0.2, 0.25) is 0 Å². The van der Waals surface area contributed by atoms with E-state index in [-0.39, 0.29) is 17.2 Å². The van der Waals surface area contributed by atoms with Crippen LogP contribution in [0.15, 0.2) is 65.1 Å². The molecule has 2 aromatic carbocycles. The van der Waals surface area contributed by atoms with Gasteiger partial charge in [0.25, 0.3) is 0 Å². The molecule has 0 saturated heterocycles. The Labute approximate surface area is 201 Å². The zero-order chi connectivity index (χ0) is 23.4. The Bertz CT molecular complexity index is 1220. The highest BCUT2D eigenvalue weighted by Crippen LogP contribution is 2.31. The van der Waals surface area contributed by atoms with Gasteiger partial charge in [-0.05, 0) is 45.0 Å². The van der Waals surface area contributed by atoms with E-state index in [2.05, 4.69) is 34.3 Å². The Hall–Kier alpha value is -3.17. The van der Waals surface area contributed by atoms with Crippen molar-refractivity contribution in [2.45, 2.75) is 37.2 Å². The van der Waals surface area contributed by atoms with Gasteiger partial charge in [0.1, 0.15) is 5.75 Å². The number of nitrogens with one attached hydrogen (secondary N) is 1. The molecule has 0 aliphatic heterocycles. The quantitative estimate of drug-likeness (QED) is 0.323. The Morgan fingerprint density at radius 2 is 1.76 bits per heavy atom. The van der Waals surface area contributed by atoms with Crippen molar-refractivity contribution in [2.75, 3.05) is 12.4 Å². The fraction of sp³-hybridized carbons (Fsp3) is 0.250. The van der Waals surface area contributed by atoms with Crippen molar-refractivity contribution in [3.8, 4) is 28.4 Å². The topological polar surface area (TPSA) is 81.9 Å². The average molecular weight is 480 g/mol. The smallest absolute Gasteiger partial charge is 0.239 e. The predicted molar refractivity (Wildman–Crippen MR) is 134 cm³/mol. The van der Waals surface area contributed by atoms with Crippen LogP contribution in [-0.4, -0.2) is 38.0 Å². The maximum atomic E-state index is 12.9. The van der Waals surface area contributed by atoms with Gasteiger partial charge in [-0.25, -0.2) is 4.98 Å². The van der Waals surface area contributed by atoms with Gasteiger partial charge in [0, 0.05) is 22.5 Å². The maximum absolute atomic E-state index is 12.9. The first-order valence-corrected chi connectivity index (χ1v) is 12.3. The summed E-state index contributed by atoms with van der Waals surface area (Å²) in [5, 5.41) is 14.6. The summed E-state index contributed by atoms with van der Waals surface area (Å²) in [6, 6.07) is 17.7. The van der Waals surface area contributed by atoms with Crippen LogP contribution in [0, 0.1) is 0 Å². The Kier molecular flexibility index (Phi) is 7.10. The minimum absolute atomic E-state index is 0.127. The number of aromatic nitrogens is 4. The minimum Gasteiger partial charge on any atom is -0.497 e. The zero-order valence-corrected chi connectivity index (χ0v) is 20.5. The molecule has 1 unspecified atom stereocenters. The maximum Gasteiger partial charge on any atom is 0.239 e. The fourth-order valence-electron chi connectivity index (χ4n) is 3.25. The van der Waals surface area contributed by atoms with E-state index in [4.69, 9.17) is 4.74 Å². The van der Waals surface area contributed by atoms with Crippen LogP contribution < -0.4 is 10.1 Å². The third-order valence-electron chi connectivity index (χ3n) is 4.98. The van der Waals surface area contributed by atoms with Crippen LogP contribution in [-0.2, 0) is 4.79 Å². The van der Waals surface area contributed by atoms with Crippen molar-refractivity contribution >= 4 is 34.1 Å². The number of anilines is 1. The summed E-state index contributed by atoms with van der Waals surface area (Å²) in [7, 11) is 1.64. The van der Waals surface area contributed by atoms with Gasteiger partial charge in [-0.1, -0.05) is 42.1 Å². The van der Waals surface area contributed by atoms with E-state index < -0.39 is 0 Å². The number of thioether (sulfide) groups is 1. The van der Waals surface area contributed by atoms with E-state index in [9.17, 15) is 4.79 Å². The number of ether oxygens (including phenoxy) is 1. The number of hydrogen-bond donors (Lipinski definition) is 1. The Balaban J connectivity index is 1.47. The summed E-state index contributed by atoms with van der Waals surface area (Å²) in [6.07, 6.45) is 0. The van der Waals surface area contributed by atoms with Crippen LogP contribution in [0.25, 0.3) is 22.6 Å². The van der Waals surface area contributed by atoms with Crippen LogP contribution in [0.1, 0.15) is 26.8 Å². The van der Waals surface area contributed by atoms with Crippen molar-refractivity contribution in [3.05, 3.63) is 60.0 Å². The van der Waals surface area contributed by atoms with Gasteiger partial charge in [-0.3, -0.25) is 9.36 Å². The lowest BCUT2D eigenvalue weighted by atomic mass is 10.2. The number of thiazole rings is 1. The molecule has 0 aliphatic carbocycles. The van der Waals surface area contributed by atoms with Crippen molar-refractivity contribution in [2.24, 2.45) is 0 Å². The molecule has 9 heteroatoms. The molecule has 170 valence electrons. The van der Waals surface area contributed by atoms with E-state index in [1.807, 2.05) is 71.5 Å². The van der Waals surface area contributed by atoms with E-state index in [1.54, 1.807) is 7.11 Å². The Morgan fingerprint density at radius 1 is 1.03 bits per heavy atom. The number of amides is 1. The molecular formula is C24H25N5O2S2. The fourth-order valence-corrected chi connectivity index (χ4v) is 4.95. The molecule has 4 rings (SSSR count). The zero-order valence-electron chi connectivity index (χ0n) is 18.9. The molecule has 0 radical (unpaired) electrons. The van der Waals surface area contributed by atoms with Gasteiger partial charge >= 0.3 is 0 Å². The van der Waals surface area contributed by atoms with Gasteiger partial charge in [-0.15, -0.1) is 21.5 Å². The molecule has 0 spiro atoms. The van der Waals surface area contributed by atoms with E-state index in [0.717, 1.165) is 28.4 Å². The average Bonchev–Trinajstić information content (AvgIpc) is 3.47. The van der Waals surface area contributed by atoms with Crippen LogP contribution in [0.5, 0.6) is 5.75 Å². The summed E-state index contributed by atoms with van der Waals surface area (Å²) in [5.74, 6) is 1.42. The lowest BCUT2D eigenvalue weighted by molar-refractivity contribution is -0.115. The largest absolute Gasteiger partial charge is 0.497 e. The molecule has 1 amide bonds. The highest BCUT2D eigenvalue weighted by Gasteiger charge is 2.23. The number of nitrogens with zero attached hydrogens (tertiary/aromatic N) is 4. The summed E-state index contributed by atoms with van der Waals surface area (Å²) in [4.78, 5) is 17.4. The third kappa shape index (κ3) is 5.26. The molecule has 0 saturated carbocycles. The lowest BCUT2D eigenvalue weighted by Gasteiger charge is -2.16. The highest BCUT2D eigenvalue weighted by atomic mass is 32.2. The molecule has 4 aromatic rings. The summed E-state index contributed by atoms with van der Waals surface area (Å²) >= 11 is 2.79. The van der Waals surface area contributed by atoms with Crippen molar-refractivity contribution in [1.82, 2.24) is 19.7 Å². The number of benzene rings is 2. The molecule has 1 N–H and O–H groups in total. The van der Waals surface area contributed by atoms with Gasteiger partial charge in [0.05, 0.1) is 18.1 Å². The number of rotatable bonds is 8. The second-order valence-corrected chi connectivity index (χ2v) is 9.82. The van der Waals surface area contributed by atoms with E-state index in [1.165, 1.54) is 23.1 Å². The third-order valence-corrected chi connectivity index (χ3v) is 6.80. The SMILES string of the molecule is COc1ccc(-c2nnc(SC(C)C(=O)Nc3nc(-c4ccccc4)cs3)n2C(C)C)cc1. The molecule has 0 aliphatic rings. The van der Waals surface area contributed by atoms with Crippen molar-refractivity contribution < 1.29 is 9.53 Å². The summed E-state index contributed by atoms with van der Waals surface area (Å²) < 4.78 is 7.30. The standard InChI is InChI=1S/C24H25N5O2S2/c1-15(2)29-21(18-10-12-19(31-4)13-11-18)27-28-24(29)33-16(3)22(30)26-23-25-20(14-32-23)17-8-6-5-7-9-17/h5-16H,1-4H3,(H,25,26,30). The van der Waals surface area contributed by atoms with Crippen LogP contribution in [0.4, 0.5) is 5.13 Å². The van der Waals surface area contributed by atoms with Gasteiger partial charge in [0.15, 0.2) is 16.1 Å².